The van der Waals surface area contributed by atoms with Crippen LogP contribution in [0.25, 0.3) is 0 Å². The van der Waals surface area contributed by atoms with Crippen LogP contribution < -0.4 is 5.43 Å². The number of benzene rings is 1. The van der Waals surface area contributed by atoms with E-state index < -0.39 is 0 Å². The molecular formula is C18H22N2O. The van der Waals surface area contributed by atoms with Crippen molar-refractivity contribution in [2.45, 2.75) is 38.0 Å². The van der Waals surface area contributed by atoms with Crippen molar-refractivity contribution in [1.29, 1.82) is 0 Å². The summed E-state index contributed by atoms with van der Waals surface area (Å²) in [6, 6.07) is 10.3. The molecule has 0 aliphatic heterocycles. The van der Waals surface area contributed by atoms with Gasteiger partial charge in [0.1, 0.15) is 0 Å². The number of carbonyl (C=O) groups is 1. The maximum atomic E-state index is 12.1. The summed E-state index contributed by atoms with van der Waals surface area (Å²) >= 11 is 0. The first kappa shape index (κ1) is 13.1. The van der Waals surface area contributed by atoms with Gasteiger partial charge in [-0.1, -0.05) is 36.8 Å². The van der Waals surface area contributed by atoms with Crippen molar-refractivity contribution in [2.24, 2.45) is 28.8 Å². The van der Waals surface area contributed by atoms with Crippen LogP contribution in [0, 0.1) is 23.7 Å². The molecule has 21 heavy (non-hydrogen) atoms. The van der Waals surface area contributed by atoms with Crippen LogP contribution in [0.2, 0.25) is 0 Å². The van der Waals surface area contributed by atoms with Crippen LogP contribution in [0.1, 0.15) is 43.6 Å². The Morgan fingerprint density at radius 2 is 2.00 bits per heavy atom. The van der Waals surface area contributed by atoms with Gasteiger partial charge in [0.25, 0.3) is 0 Å². The van der Waals surface area contributed by atoms with E-state index in [1.807, 2.05) is 24.4 Å². The molecule has 1 amide bonds. The molecule has 1 aromatic carbocycles. The Morgan fingerprint density at radius 3 is 2.71 bits per heavy atom. The zero-order valence-corrected chi connectivity index (χ0v) is 12.2. The highest BCUT2D eigenvalue weighted by Crippen LogP contribution is 2.48. The molecule has 1 N–H and O–H groups in total. The Hall–Kier alpha value is -1.64. The summed E-state index contributed by atoms with van der Waals surface area (Å²) < 4.78 is 0. The number of carbonyl (C=O) groups excluding carboxylic acids is 1. The summed E-state index contributed by atoms with van der Waals surface area (Å²) in [6.45, 7) is 0. The second kappa shape index (κ2) is 5.28. The Balaban J connectivity index is 1.28. The van der Waals surface area contributed by atoms with Crippen molar-refractivity contribution in [3.05, 3.63) is 35.9 Å². The quantitative estimate of drug-likeness (QED) is 0.668. The molecule has 3 aliphatic rings. The number of amides is 1. The van der Waals surface area contributed by atoms with Gasteiger partial charge in [0.05, 0.1) is 0 Å². The van der Waals surface area contributed by atoms with E-state index in [1.165, 1.54) is 31.2 Å². The molecule has 0 aromatic heterocycles. The molecule has 5 atom stereocenters. The van der Waals surface area contributed by atoms with Crippen LogP contribution in [-0.2, 0) is 4.79 Å². The molecule has 0 radical (unpaired) electrons. The third-order valence-electron chi connectivity index (χ3n) is 5.59. The molecule has 0 heterocycles. The summed E-state index contributed by atoms with van der Waals surface area (Å²) in [4.78, 5) is 12.1. The zero-order chi connectivity index (χ0) is 14.2. The minimum atomic E-state index is 0.0864. The number of fused-ring (bicyclic) bond motifs is 2. The maximum Gasteiger partial charge on any atom is 0.243 e. The summed E-state index contributed by atoms with van der Waals surface area (Å²) in [7, 11) is 0. The molecule has 0 spiro atoms. The van der Waals surface area contributed by atoms with E-state index in [1.54, 1.807) is 0 Å². The van der Waals surface area contributed by atoms with Crippen molar-refractivity contribution in [2.75, 3.05) is 0 Å². The standard InChI is InChI=1S/C18H22N2O/c21-18(17-10-16(17)13-4-2-1-3-5-13)20-19-11-15-9-12-6-7-14(15)8-12/h1-5,11-12,14-17H,6-10H2,(H,20,21)/b19-11-/t12-,14-,15+,16-,17-/m1/s1. The predicted molar refractivity (Wildman–Crippen MR) is 82.9 cm³/mol. The molecule has 4 rings (SSSR count). The maximum absolute atomic E-state index is 12.1. The third kappa shape index (κ3) is 2.61. The van der Waals surface area contributed by atoms with Gasteiger partial charge in [-0.2, -0.15) is 5.10 Å². The minimum Gasteiger partial charge on any atom is -0.273 e. The molecule has 0 unspecified atom stereocenters. The van der Waals surface area contributed by atoms with Gasteiger partial charge >= 0.3 is 0 Å². The molecule has 0 saturated heterocycles. The summed E-state index contributed by atoms with van der Waals surface area (Å²) in [5.41, 5.74) is 4.03. The van der Waals surface area contributed by atoms with Crippen molar-refractivity contribution in [3.8, 4) is 0 Å². The summed E-state index contributed by atoms with van der Waals surface area (Å²) in [5.74, 6) is 2.95. The SMILES string of the molecule is O=C(N/N=C\[C@@H]1C[C@@H]2CC[C@@H]1C2)[C@@H]1C[C@@H]1c1ccccc1. The van der Waals surface area contributed by atoms with Gasteiger partial charge in [0.2, 0.25) is 5.91 Å². The molecule has 3 nitrogen and oxygen atoms in total. The van der Waals surface area contributed by atoms with Gasteiger partial charge in [-0.3, -0.25) is 4.79 Å². The van der Waals surface area contributed by atoms with Crippen LogP contribution in [0.5, 0.6) is 0 Å². The number of nitrogens with zero attached hydrogens (tertiary/aromatic N) is 1. The lowest BCUT2D eigenvalue weighted by atomic mass is 9.90. The first-order chi connectivity index (χ1) is 10.3. The Morgan fingerprint density at radius 1 is 1.14 bits per heavy atom. The molecule has 2 bridgehead atoms. The average molecular weight is 282 g/mol. The summed E-state index contributed by atoms with van der Waals surface area (Å²) in [5, 5.41) is 4.24. The van der Waals surface area contributed by atoms with Gasteiger partial charge in [0, 0.05) is 12.1 Å². The van der Waals surface area contributed by atoms with E-state index in [2.05, 4.69) is 22.7 Å². The largest absolute Gasteiger partial charge is 0.273 e. The van der Waals surface area contributed by atoms with Crippen molar-refractivity contribution < 1.29 is 4.79 Å². The van der Waals surface area contributed by atoms with Crippen molar-refractivity contribution >= 4 is 12.1 Å². The van der Waals surface area contributed by atoms with Crippen LogP contribution in [-0.4, -0.2) is 12.1 Å². The first-order valence-corrected chi connectivity index (χ1v) is 8.19. The van der Waals surface area contributed by atoms with Crippen molar-refractivity contribution in [3.63, 3.8) is 0 Å². The first-order valence-electron chi connectivity index (χ1n) is 8.19. The van der Waals surface area contributed by atoms with Gasteiger partial charge in [-0.05, 0) is 54.9 Å². The fourth-order valence-electron chi connectivity index (χ4n) is 4.31. The molecule has 110 valence electrons. The van der Waals surface area contributed by atoms with Crippen LogP contribution in [0.15, 0.2) is 35.4 Å². The lowest BCUT2D eigenvalue weighted by Crippen LogP contribution is -2.22. The summed E-state index contributed by atoms with van der Waals surface area (Å²) in [6.07, 6.45) is 8.38. The molecule has 3 heteroatoms. The smallest absolute Gasteiger partial charge is 0.243 e. The molecule has 3 fully saturated rings. The van der Waals surface area contributed by atoms with E-state index in [0.717, 1.165) is 18.3 Å². The minimum absolute atomic E-state index is 0.0864. The number of hydrogen-bond donors (Lipinski definition) is 1. The zero-order valence-electron chi connectivity index (χ0n) is 12.2. The highest BCUT2D eigenvalue weighted by molar-refractivity contribution is 5.83. The predicted octanol–water partition coefficient (Wildman–Crippen LogP) is 3.33. The fraction of sp³-hybridized carbons (Fsp3) is 0.556. The second-order valence-electron chi connectivity index (χ2n) is 6.95. The Labute approximate surface area is 125 Å². The molecule has 3 saturated carbocycles. The fourth-order valence-corrected chi connectivity index (χ4v) is 4.31. The Kier molecular flexibility index (Phi) is 3.28. The van der Waals surface area contributed by atoms with E-state index in [4.69, 9.17) is 0 Å². The highest BCUT2D eigenvalue weighted by Gasteiger charge is 2.44. The number of nitrogens with one attached hydrogen (secondary N) is 1. The number of hydrogen-bond acceptors (Lipinski definition) is 2. The van der Waals surface area contributed by atoms with E-state index in [9.17, 15) is 4.79 Å². The van der Waals surface area contributed by atoms with E-state index >= 15 is 0 Å². The second-order valence-corrected chi connectivity index (χ2v) is 6.95. The molecule has 1 aromatic rings. The molecular weight excluding hydrogens is 260 g/mol. The Bertz CT molecular complexity index is 554. The van der Waals surface area contributed by atoms with Crippen molar-refractivity contribution in [1.82, 2.24) is 5.43 Å². The van der Waals surface area contributed by atoms with Crippen LogP contribution in [0.3, 0.4) is 0 Å². The van der Waals surface area contributed by atoms with E-state index in [-0.39, 0.29) is 11.8 Å². The van der Waals surface area contributed by atoms with Crippen LogP contribution in [0.4, 0.5) is 0 Å². The normalized spacial score (nSPS) is 37.0. The lowest BCUT2D eigenvalue weighted by molar-refractivity contribution is -0.122. The monoisotopic (exact) mass is 282 g/mol. The average Bonchev–Trinajstić information content (AvgIpc) is 3.06. The van der Waals surface area contributed by atoms with Gasteiger partial charge in [-0.25, -0.2) is 5.43 Å². The van der Waals surface area contributed by atoms with Gasteiger partial charge in [0.15, 0.2) is 0 Å². The van der Waals surface area contributed by atoms with Gasteiger partial charge in [-0.15, -0.1) is 0 Å². The van der Waals surface area contributed by atoms with Gasteiger partial charge < -0.3 is 0 Å². The number of rotatable bonds is 4. The highest BCUT2D eigenvalue weighted by atomic mass is 16.2. The van der Waals surface area contributed by atoms with E-state index in [0.29, 0.717) is 11.8 Å². The molecule has 3 aliphatic carbocycles. The van der Waals surface area contributed by atoms with Crippen LogP contribution >= 0.6 is 0 Å². The number of hydrazone groups is 1. The topological polar surface area (TPSA) is 41.5 Å². The lowest BCUT2D eigenvalue weighted by Gasteiger charge is -2.16. The third-order valence-corrected chi connectivity index (χ3v) is 5.59.